The first-order chi connectivity index (χ1) is 13.4. The monoisotopic (exact) mass is 420 g/mol. The third kappa shape index (κ3) is 3.18. The molecule has 0 saturated heterocycles. The minimum atomic E-state index is -0.367. The third-order valence-corrected chi connectivity index (χ3v) is 6.92. The first-order valence-corrected chi connectivity index (χ1v) is 10.3. The van der Waals surface area contributed by atoms with Crippen molar-refractivity contribution in [2.24, 2.45) is 11.8 Å². The first kappa shape index (κ1) is 19.6. The number of aliphatic hydroxyl groups is 1. The second-order valence-electron chi connectivity index (χ2n) is 7.69. The number of phenols is 1. The SMILES string of the molecule is CCC1c2ccc(O)c(Cl)c2CC1C(=O)Oc1ccc2c(c1Cl)CC(CO)C2. The van der Waals surface area contributed by atoms with Gasteiger partial charge >= 0.3 is 5.97 Å². The van der Waals surface area contributed by atoms with E-state index in [4.69, 9.17) is 27.9 Å². The van der Waals surface area contributed by atoms with E-state index < -0.39 is 0 Å². The third-order valence-electron chi connectivity index (χ3n) is 6.09. The van der Waals surface area contributed by atoms with Crippen LogP contribution in [0.1, 0.15) is 41.5 Å². The first-order valence-electron chi connectivity index (χ1n) is 9.57. The van der Waals surface area contributed by atoms with Gasteiger partial charge < -0.3 is 14.9 Å². The van der Waals surface area contributed by atoms with Crippen LogP contribution in [0.4, 0.5) is 0 Å². The van der Waals surface area contributed by atoms with Crippen LogP contribution in [0.25, 0.3) is 0 Å². The zero-order chi connectivity index (χ0) is 20.0. The number of hydrogen-bond acceptors (Lipinski definition) is 4. The fourth-order valence-corrected chi connectivity index (χ4v) is 5.17. The Balaban J connectivity index is 1.58. The molecule has 0 amide bonds. The summed E-state index contributed by atoms with van der Waals surface area (Å²) in [5.41, 5.74) is 3.88. The highest BCUT2D eigenvalue weighted by Gasteiger charge is 2.39. The predicted octanol–water partition coefficient (Wildman–Crippen LogP) is 4.68. The number of ether oxygens (including phenoxy) is 1. The summed E-state index contributed by atoms with van der Waals surface area (Å²) in [4.78, 5) is 13.0. The molecule has 148 valence electrons. The quantitative estimate of drug-likeness (QED) is 0.556. The smallest absolute Gasteiger partial charge is 0.315 e. The molecule has 2 N–H and O–H groups in total. The van der Waals surface area contributed by atoms with Gasteiger partial charge in [-0.25, -0.2) is 0 Å². The van der Waals surface area contributed by atoms with Crippen molar-refractivity contribution in [3.05, 3.63) is 56.6 Å². The Labute approximate surface area is 174 Å². The molecule has 0 radical (unpaired) electrons. The van der Waals surface area contributed by atoms with Gasteiger partial charge in [-0.3, -0.25) is 4.79 Å². The van der Waals surface area contributed by atoms with Crippen molar-refractivity contribution in [2.75, 3.05) is 6.61 Å². The fraction of sp³-hybridized carbons (Fsp3) is 0.409. The number of aliphatic hydroxyl groups excluding tert-OH is 1. The minimum absolute atomic E-state index is 0.00688. The van der Waals surface area contributed by atoms with Crippen molar-refractivity contribution in [1.82, 2.24) is 0 Å². The van der Waals surface area contributed by atoms with E-state index in [-0.39, 0.29) is 36.1 Å². The van der Waals surface area contributed by atoms with Crippen LogP contribution < -0.4 is 4.74 Å². The largest absolute Gasteiger partial charge is 0.506 e. The van der Waals surface area contributed by atoms with Crippen molar-refractivity contribution < 1.29 is 19.7 Å². The molecule has 0 spiro atoms. The summed E-state index contributed by atoms with van der Waals surface area (Å²) in [7, 11) is 0. The molecular formula is C22H22Cl2O4. The molecule has 0 aromatic heterocycles. The molecule has 2 aliphatic carbocycles. The molecule has 4 nitrogen and oxygen atoms in total. The van der Waals surface area contributed by atoms with E-state index in [1.807, 2.05) is 19.1 Å². The van der Waals surface area contributed by atoms with E-state index in [2.05, 4.69) is 0 Å². The van der Waals surface area contributed by atoms with Crippen LogP contribution >= 0.6 is 23.2 Å². The van der Waals surface area contributed by atoms with Crippen molar-refractivity contribution in [1.29, 1.82) is 0 Å². The summed E-state index contributed by atoms with van der Waals surface area (Å²) < 4.78 is 5.72. The molecule has 0 fully saturated rings. The van der Waals surface area contributed by atoms with Crippen LogP contribution in [0.2, 0.25) is 10.0 Å². The standard InChI is InChI=1S/C22H22Cl2O4/c1-2-13-14-4-5-18(26)20(23)16(14)9-17(13)22(27)28-19-6-3-12-7-11(10-25)8-15(12)21(19)24/h3-6,11,13,17,25-26H,2,7-10H2,1H3. The summed E-state index contributed by atoms with van der Waals surface area (Å²) >= 11 is 12.8. The average Bonchev–Trinajstić information content (AvgIpc) is 3.28. The van der Waals surface area contributed by atoms with Gasteiger partial charge in [0.25, 0.3) is 0 Å². The number of hydrogen-bond donors (Lipinski definition) is 2. The van der Waals surface area contributed by atoms with Crippen LogP contribution in [0.5, 0.6) is 11.5 Å². The van der Waals surface area contributed by atoms with Crippen LogP contribution in [0, 0.1) is 11.8 Å². The number of carbonyl (C=O) groups excluding carboxylic acids is 1. The number of halogens is 2. The van der Waals surface area contributed by atoms with Crippen molar-refractivity contribution >= 4 is 29.2 Å². The summed E-state index contributed by atoms with van der Waals surface area (Å²) in [6.07, 6.45) is 2.69. The number of aromatic hydroxyl groups is 1. The lowest BCUT2D eigenvalue weighted by Crippen LogP contribution is -2.24. The Bertz CT molecular complexity index is 941. The van der Waals surface area contributed by atoms with Gasteiger partial charge in [0.2, 0.25) is 0 Å². The number of esters is 1. The summed E-state index contributed by atoms with van der Waals surface area (Å²) in [6.45, 7) is 2.14. The molecule has 3 unspecified atom stereocenters. The number of rotatable bonds is 4. The lowest BCUT2D eigenvalue weighted by molar-refractivity contribution is -0.139. The molecule has 0 heterocycles. The topological polar surface area (TPSA) is 66.8 Å². The molecule has 0 bridgehead atoms. The average molecular weight is 421 g/mol. The van der Waals surface area contributed by atoms with Crippen LogP contribution in [0.3, 0.4) is 0 Å². The van der Waals surface area contributed by atoms with Crippen molar-refractivity contribution in [3.63, 3.8) is 0 Å². The Kier molecular flexibility index (Phi) is 5.30. The fourth-order valence-electron chi connectivity index (χ4n) is 4.63. The van der Waals surface area contributed by atoms with Gasteiger partial charge in [-0.1, -0.05) is 42.3 Å². The minimum Gasteiger partial charge on any atom is -0.506 e. The van der Waals surface area contributed by atoms with Gasteiger partial charge in [-0.15, -0.1) is 0 Å². The highest BCUT2D eigenvalue weighted by molar-refractivity contribution is 6.33. The van der Waals surface area contributed by atoms with E-state index in [0.717, 1.165) is 35.1 Å². The molecule has 2 aliphatic rings. The molecular weight excluding hydrogens is 399 g/mol. The Morgan fingerprint density at radius 1 is 1.11 bits per heavy atom. The van der Waals surface area contributed by atoms with Gasteiger partial charge in [-0.05, 0) is 71.9 Å². The molecule has 2 aromatic rings. The zero-order valence-corrected chi connectivity index (χ0v) is 17.1. The second kappa shape index (κ2) is 7.58. The Morgan fingerprint density at radius 2 is 1.89 bits per heavy atom. The maximum absolute atomic E-state index is 13.0. The van der Waals surface area contributed by atoms with Gasteiger partial charge in [0.1, 0.15) is 11.5 Å². The normalized spacial score (nSPS) is 22.8. The lowest BCUT2D eigenvalue weighted by Gasteiger charge is -2.18. The van der Waals surface area contributed by atoms with E-state index >= 15 is 0 Å². The van der Waals surface area contributed by atoms with E-state index in [9.17, 15) is 15.0 Å². The molecule has 28 heavy (non-hydrogen) atoms. The van der Waals surface area contributed by atoms with E-state index in [0.29, 0.717) is 28.6 Å². The highest BCUT2D eigenvalue weighted by atomic mass is 35.5. The van der Waals surface area contributed by atoms with Crippen LogP contribution in [-0.2, 0) is 24.1 Å². The van der Waals surface area contributed by atoms with E-state index in [1.165, 1.54) is 0 Å². The highest BCUT2D eigenvalue weighted by Crippen LogP contribution is 2.46. The number of carbonyl (C=O) groups is 1. The van der Waals surface area contributed by atoms with E-state index in [1.54, 1.807) is 12.1 Å². The summed E-state index contributed by atoms with van der Waals surface area (Å²) in [5, 5.41) is 20.1. The number of phenolic OH excluding ortho intramolecular Hbond substituents is 1. The van der Waals surface area contributed by atoms with Crippen molar-refractivity contribution in [2.45, 2.75) is 38.5 Å². The van der Waals surface area contributed by atoms with Gasteiger partial charge in [0.05, 0.1) is 16.0 Å². The van der Waals surface area contributed by atoms with Gasteiger partial charge in [-0.2, -0.15) is 0 Å². The van der Waals surface area contributed by atoms with Crippen LogP contribution in [-0.4, -0.2) is 22.8 Å². The van der Waals surface area contributed by atoms with Crippen molar-refractivity contribution in [3.8, 4) is 11.5 Å². The predicted molar refractivity (Wildman–Crippen MR) is 108 cm³/mol. The maximum Gasteiger partial charge on any atom is 0.315 e. The van der Waals surface area contributed by atoms with Gasteiger partial charge in [0, 0.05) is 6.61 Å². The molecule has 6 heteroatoms. The summed E-state index contributed by atoms with van der Waals surface area (Å²) in [6, 6.07) is 7.08. The van der Waals surface area contributed by atoms with Crippen LogP contribution in [0.15, 0.2) is 24.3 Å². The molecule has 3 atom stereocenters. The van der Waals surface area contributed by atoms with Gasteiger partial charge in [0.15, 0.2) is 0 Å². The molecule has 4 rings (SSSR count). The number of benzene rings is 2. The second-order valence-corrected chi connectivity index (χ2v) is 8.44. The maximum atomic E-state index is 13.0. The zero-order valence-electron chi connectivity index (χ0n) is 15.5. The molecule has 0 aliphatic heterocycles. The molecule has 2 aromatic carbocycles. The summed E-state index contributed by atoms with van der Waals surface area (Å²) in [5.74, 6) is -0.145. The molecule has 0 saturated carbocycles. The Hall–Kier alpha value is -1.75. The number of fused-ring (bicyclic) bond motifs is 2. The Morgan fingerprint density at radius 3 is 2.61 bits per heavy atom. The lowest BCUT2D eigenvalue weighted by atomic mass is 9.90.